The van der Waals surface area contributed by atoms with Crippen molar-refractivity contribution in [3.8, 4) is 0 Å². The molecule has 0 amide bonds. The van der Waals surface area contributed by atoms with Gasteiger partial charge in [-0.2, -0.15) is 0 Å². The zero-order valence-corrected chi connectivity index (χ0v) is 8.62. The first-order valence-corrected chi connectivity index (χ1v) is 4.89. The summed E-state index contributed by atoms with van der Waals surface area (Å²) in [5.41, 5.74) is 1.35. The molecule has 3 nitrogen and oxygen atoms in total. The van der Waals surface area contributed by atoms with Gasteiger partial charge in [0.2, 0.25) is 0 Å². The van der Waals surface area contributed by atoms with E-state index in [9.17, 15) is 4.79 Å². The molecule has 2 bridgehead atoms. The van der Waals surface area contributed by atoms with Gasteiger partial charge in [0, 0.05) is 23.6 Å². The molecule has 2 aliphatic heterocycles. The predicted molar refractivity (Wildman–Crippen MR) is 53.6 cm³/mol. The number of Topliss-reactive ketones (excluding diaryl/α,β-unsaturated/α-hetero) is 1. The number of likely N-dealkylation sites (N-methyl/N-ethyl adjacent to an activating group) is 1. The van der Waals surface area contributed by atoms with Crippen molar-refractivity contribution >= 4 is 5.78 Å². The highest BCUT2D eigenvalue weighted by molar-refractivity contribution is 6.08. The maximum Gasteiger partial charge on any atom is 0.188 e. The Morgan fingerprint density at radius 1 is 1.57 bits per heavy atom. The molecule has 0 radical (unpaired) electrons. The summed E-state index contributed by atoms with van der Waals surface area (Å²) in [5, 5.41) is 0. The van der Waals surface area contributed by atoms with Crippen molar-refractivity contribution in [3.05, 3.63) is 24.0 Å². The summed E-state index contributed by atoms with van der Waals surface area (Å²) in [6.45, 7) is 5.67. The molecule has 2 rings (SSSR count). The van der Waals surface area contributed by atoms with Gasteiger partial charge in [-0.1, -0.05) is 6.58 Å². The highest BCUT2D eigenvalue weighted by Crippen LogP contribution is 2.30. The fraction of sp³-hybridized carbons (Fsp3) is 0.545. The summed E-state index contributed by atoms with van der Waals surface area (Å²) in [7, 11) is 1.98. The molecule has 14 heavy (non-hydrogen) atoms. The predicted octanol–water partition coefficient (Wildman–Crippen LogP) is 1.47. The SMILES string of the molecule is C=C1C(=O)/C(C)=C\OC2CCC1N2C. The molecule has 2 aliphatic rings. The number of fused-ring (bicyclic) bond motifs is 2. The third-order valence-electron chi connectivity index (χ3n) is 3.09. The topological polar surface area (TPSA) is 29.5 Å². The minimum atomic E-state index is 0.0298. The Kier molecular flexibility index (Phi) is 2.19. The van der Waals surface area contributed by atoms with Crippen LogP contribution in [0.25, 0.3) is 0 Å². The number of carbonyl (C=O) groups excluding carboxylic acids is 1. The van der Waals surface area contributed by atoms with E-state index in [2.05, 4.69) is 11.5 Å². The Labute approximate surface area is 84.0 Å². The smallest absolute Gasteiger partial charge is 0.188 e. The van der Waals surface area contributed by atoms with Crippen molar-refractivity contribution in [2.75, 3.05) is 7.05 Å². The van der Waals surface area contributed by atoms with Gasteiger partial charge in [0.05, 0.1) is 6.26 Å². The third kappa shape index (κ3) is 1.28. The van der Waals surface area contributed by atoms with Gasteiger partial charge in [-0.25, -0.2) is 0 Å². The monoisotopic (exact) mass is 193 g/mol. The molecular weight excluding hydrogens is 178 g/mol. The van der Waals surface area contributed by atoms with Crippen LogP contribution in [-0.4, -0.2) is 30.0 Å². The summed E-state index contributed by atoms with van der Waals surface area (Å²) in [6, 6.07) is 0.163. The standard InChI is InChI=1S/C11H15NO2/c1-7-6-14-10-5-4-9(12(10)3)8(2)11(7)13/h6,9-10H,2,4-5H2,1,3H3/b7-6-. The van der Waals surface area contributed by atoms with Crippen molar-refractivity contribution < 1.29 is 9.53 Å². The van der Waals surface area contributed by atoms with E-state index >= 15 is 0 Å². The lowest BCUT2D eigenvalue weighted by Gasteiger charge is -2.28. The summed E-state index contributed by atoms with van der Waals surface area (Å²) < 4.78 is 5.52. The van der Waals surface area contributed by atoms with Crippen LogP contribution >= 0.6 is 0 Å². The number of rotatable bonds is 0. The normalized spacial score (nSPS) is 37.1. The van der Waals surface area contributed by atoms with Crippen LogP contribution in [0.3, 0.4) is 0 Å². The molecule has 76 valence electrons. The van der Waals surface area contributed by atoms with Crippen LogP contribution in [0.5, 0.6) is 0 Å². The van der Waals surface area contributed by atoms with Gasteiger partial charge in [-0.3, -0.25) is 9.69 Å². The van der Waals surface area contributed by atoms with E-state index in [1.807, 2.05) is 7.05 Å². The number of hydrogen-bond donors (Lipinski definition) is 0. The minimum Gasteiger partial charge on any atom is -0.482 e. The summed E-state index contributed by atoms with van der Waals surface area (Å²) >= 11 is 0. The van der Waals surface area contributed by atoms with E-state index in [1.165, 1.54) is 0 Å². The first-order chi connectivity index (χ1) is 6.61. The zero-order valence-electron chi connectivity index (χ0n) is 8.62. The first kappa shape index (κ1) is 9.46. The van der Waals surface area contributed by atoms with E-state index in [4.69, 9.17) is 4.74 Å². The lowest BCUT2D eigenvalue weighted by Crippen LogP contribution is -2.37. The van der Waals surface area contributed by atoms with Gasteiger partial charge < -0.3 is 4.74 Å². The van der Waals surface area contributed by atoms with E-state index in [0.717, 1.165) is 12.8 Å². The Balaban J connectivity index is 2.35. The number of ketones is 1. The molecule has 1 saturated heterocycles. The second-order valence-electron chi connectivity index (χ2n) is 4.00. The number of nitrogens with zero attached hydrogens (tertiary/aromatic N) is 1. The van der Waals surface area contributed by atoms with E-state index < -0.39 is 0 Å². The number of allylic oxidation sites excluding steroid dienone is 1. The van der Waals surface area contributed by atoms with Gasteiger partial charge in [-0.15, -0.1) is 0 Å². The van der Waals surface area contributed by atoms with E-state index in [-0.39, 0.29) is 18.1 Å². The van der Waals surface area contributed by atoms with E-state index in [1.54, 1.807) is 13.2 Å². The van der Waals surface area contributed by atoms with Crippen LogP contribution in [0.1, 0.15) is 19.8 Å². The molecule has 1 fully saturated rings. The second-order valence-corrected chi connectivity index (χ2v) is 4.00. The van der Waals surface area contributed by atoms with Gasteiger partial charge in [0.25, 0.3) is 0 Å². The van der Waals surface area contributed by atoms with Gasteiger partial charge >= 0.3 is 0 Å². The van der Waals surface area contributed by atoms with Crippen molar-refractivity contribution in [3.63, 3.8) is 0 Å². The molecule has 0 aromatic carbocycles. The minimum absolute atomic E-state index is 0.0298. The van der Waals surface area contributed by atoms with Crippen LogP contribution in [0.2, 0.25) is 0 Å². The van der Waals surface area contributed by atoms with Crippen molar-refractivity contribution in [2.45, 2.75) is 32.0 Å². The average molecular weight is 193 g/mol. The van der Waals surface area contributed by atoms with Gasteiger partial charge in [0.1, 0.15) is 0 Å². The number of hydrogen-bond acceptors (Lipinski definition) is 3. The van der Waals surface area contributed by atoms with Crippen molar-refractivity contribution in [1.29, 1.82) is 0 Å². The maximum atomic E-state index is 11.8. The largest absolute Gasteiger partial charge is 0.482 e. The van der Waals surface area contributed by atoms with Gasteiger partial charge in [-0.05, 0) is 20.4 Å². The quantitative estimate of drug-likeness (QED) is 0.545. The number of carbonyl (C=O) groups is 1. The molecule has 2 atom stereocenters. The maximum absolute atomic E-state index is 11.8. The molecule has 0 N–H and O–H groups in total. The molecule has 2 unspecified atom stereocenters. The Morgan fingerprint density at radius 3 is 3.00 bits per heavy atom. The molecule has 2 heterocycles. The fourth-order valence-corrected chi connectivity index (χ4v) is 2.13. The molecule has 0 aliphatic carbocycles. The van der Waals surface area contributed by atoms with Crippen molar-refractivity contribution in [2.24, 2.45) is 0 Å². The average Bonchev–Trinajstić information content (AvgIpc) is 2.54. The number of ether oxygens (including phenoxy) is 1. The fourth-order valence-electron chi connectivity index (χ4n) is 2.13. The van der Waals surface area contributed by atoms with Gasteiger partial charge in [0.15, 0.2) is 12.0 Å². The van der Waals surface area contributed by atoms with Crippen LogP contribution in [-0.2, 0) is 9.53 Å². The van der Waals surface area contributed by atoms with Crippen LogP contribution in [0.4, 0.5) is 0 Å². The second kappa shape index (κ2) is 3.24. The first-order valence-electron chi connectivity index (χ1n) is 4.89. The van der Waals surface area contributed by atoms with Crippen LogP contribution in [0.15, 0.2) is 24.0 Å². The third-order valence-corrected chi connectivity index (χ3v) is 3.09. The molecule has 0 spiro atoms. The summed E-state index contributed by atoms with van der Waals surface area (Å²) in [6.07, 6.45) is 3.61. The lowest BCUT2D eigenvalue weighted by atomic mass is 9.98. The van der Waals surface area contributed by atoms with E-state index in [0.29, 0.717) is 11.1 Å². The summed E-state index contributed by atoms with van der Waals surface area (Å²) in [4.78, 5) is 13.8. The molecule has 0 aromatic heterocycles. The molecular formula is C11H15NO2. The highest BCUT2D eigenvalue weighted by Gasteiger charge is 2.36. The summed E-state index contributed by atoms with van der Waals surface area (Å²) in [5.74, 6) is 0.0298. The zero-order chi connectivity index (χ0) is 10.3. The van der Waals surface area contributed by atoms with Crippen LogP contribution < -0.4 is 0 Å². The Morgan fingerprint density at radius 2 is 2.29 bits per heavy atom. The Hall–Kier alpha value is -1.09. The lowest BCUT2D eigenvalue weighted by molar-refractivity contribution is -0.113. The Bertz CT molecular complexity index is 319. The molecule has 0 saturated carbocycles. The highest BCUT2D eigenvalue weighted by atomic mass is 16.5. The van der Waals surface area contributed by atoms with Crippen molar-refractivity contribution in [1.82, 2.24) is 4.90 Å². The molecule has 0 aromatic rings. The molecule has 3 heteroatoms. The van der Waals surface area contributed by atoms with Crippen LogP contribution in [0, 0.1) is 0 Å².